The Morgan fingerprint density at radius 3 is 2.33 bits per heavy atom. The molecule has 1 aromatic rings. The Morgan fingerprint density at radius 2 is 1.90 bits per heavy atom. The molecule has 0 aromatic carbocycles. The third kappa shape index (κ3) is 4.29. The molecule has 2 unspecified atom stereocenters. The molecule has 0 bridgehead atoms. The number of carbonyl (C=O) groups is 3. The van der Waals surface area contributed by atoms with Crippen LogP contribution in [0, 0.1) is 5.92 Å². The summed E-state index contributed by atoms with van der Waals surface area (Å²) in [6, 6.07) is 1.72. The molecule has 2 amide bonds. The normalized spacial score (nSPS) is 13.6. The molecule has 0 aliphatic heterocycles. The molecule has 116 valence electrons. The van der Waals surface area contributed by atoms with Crippen molar-refractivity contribution in [3.8, 4) is 0 Å². The van der Waals surface area contributed by atoms with Crippen LogP contribution in [0.3, 0.4) is 0 Å². The molecule has 6 nitrogen and oxygen atoms in total. The fourth-order valence-electron chi connectivity index (χ4n) is 1.71. The van der Waals surface area contributed by atoms with Crippen molar-refractivity contribution >= 4 is 29.1 Å². The second-order valence-electron chi connectivity index (χ2n) is 5.14. The van der Waals surface area contributed by atoms with Gasteiger partial charge in [-0.2, -0.15) is 0 Å². The van der Waals surface area contributed by atoms with Crippen LogP contribution < -0.4 is 5.32 Å². The number of hydrogen-bond donors (Lipinski definition) is 2. The van der Waals surface area contributed by atoms with E-state index in [-0.39, 0.29) is 11.8 Å². The topological polar surface area (TPSA) is 86.7 Å². The minimum atomic E-state index is -1.09. The fourth-order valence-corrected chi connectivity index (χ4v) is 2.34. The molecule has 0 saturated heterocycles. The molecule has 2 N–H and O–H groups in total. The molecule has 0 radical (unpaired) electrons. The maximum atomic E-state index is 12.4. The van der Waals surface area contributed by atoms with E-state index in [1.807, 2.05) is 0 Å². The number of amides is 2. The van der Waals surface area contributed by atoms with E-state index >= 15 is 0 Å². The van der Waals surface area contributed by atoms with Gasteiger partial charge < -0.3 is 15.3 Å². The van der Waals surface area contributed by atoms with Gasteiger partial charge >= 0.3 is 5.97 Å². The summed E-state index contributed by atoms with van der Waals surface area (Å²) in [5.41, 5.74) is 0. The van der Waals surface area contributed by atoms with Gasteiger partial charge in [0.15, 0.2) is 0 Å². The monoisotopic (exact) mass is 312 g/mol. The van der Waals surface area contributed by atoms with Crippen molar-refractivity contribution in [1.82, 2.24) is 10.2 Å². The minimum absolute atomic E-state index is 0.148. The number of nitrogens with zero attached hydrogens (tertiary/aromatic N) is 1. The van der Waals surface area contributed by atoms with Gasteiger partial charge in [-0.1, -0.05) is 19.9 Å². The number of carbonyl (C=O) groups excluding carboxylic acids is 2. The molecule has 1 heterocycles. The SMILES string of the molecule is CC(C)C(NC(=O)c1cccs1)C(=O)N(C)C(C)C(=O)O. The lowest BCUT2D eigenvalue weighted by Gasteiger charge is -2.29. The van der Waals surface area contributed by atoms with Crippen molar-refractivity contribution in [3.05, 3.63) is 22.4 Å². The number of hydrogen-bond acceptors (Lipinski definition) is 4. The molecule has 0 spiro atoms. The van der Waals surface area contributed by atoms with Crippen LogP contribution in [0.1, 0.15) is 30.4 Å². The Hall–Kier alpha value is -1.89. The lowest BCUT2D eigenvalue weighted by molar-refractivity contribution is -0.149. The van der Waals surface area contributed by atoms with Gasteiger partial charge in [0.25, 0.3) is 5.91 Å². The van der Waals surface area contributed by atoms with Crippen LogP contribution >= 0.6 is 11.3 Å². The molecule has 7 heteroatoms. The summed E-state index contributed by atoms with van der Waals surface area (Å²) < 4.78 is 0. The first-order valence-corrected chi connectivity index (χ1v) is 7.47. The summed E-state index contributed by atoms with van der Waals surface area (Å²) >= 11 is 1.28. The number of carboxylic acid groups (broad SMARTS) is 1. The Labute approximate surface area is 127 Å². The maximum Gasteiger partial charge on any atom is 0.326 e. The van der Waals surface area contributed by atoms with Gasteiger partial charge in [-0.15, -0.1) is 11.3 Å². The zero-order valence-corrected chi connectivity index (χ0v) is 13.3. The number of nitrogens with one attached hydrogen (secondary N) is 1. The van der Waals surface area contributed by atoms with E-state index in [0.29, 0.717) is 4.88 Å². The van der Waals surface area contributed by atoms with Crippen LogP contribution in [0.5, 0.6) is 0 Å². The third-order valence-corrected chi connectivity index (χ3v) is 4.12. The van der Waals surface area contributed by atoms with Gasteiger partial charge in [0.05, 0.1) is 4.88 Å². The highest BCUT2D eigenvalue weighted by Crippen LogP contribution is 2.12. The van der Waals surface area contributed by atoms with Gasteiger partial charge in [0.2, 0.25) is 5.91 Å². The minimum Gasteiger partial charge on any atom is -0.480 e. The third-order valence-electron chi connectivity index (χ3n) is 3.25. The summed E-state index contributed by atoms with van der Waals surface area (Å²) in [7, 11) is 1.42. The van der Waals surface area contributed by atoms with Crippen molar-refractivity contribution in [3.63, 3.8) is 0 Å². The van der Waals surface area contributed by atoms with Gasteiger partial charge in [-0.3, -0.25) is 9.59 Å². The summed E-state index contributed by atoms with van der Waals surface area (Å²) in [5.74, 6) is -1.97. The first kappa shape index (κ1) is 17.2. The number of aliphatic carboxylic acids is 1. The Balaban J connectivity index is 2.84. The average molecular weight is 312 g/mol. The summed E-state index contributed by atoms with van der Waals surface area (Å²) in [6.45, 7) is 5.03. The van der Waals surface area contributed by atoms with Crippen LogP contribution in [-0.4, -0.2) is 46.9 Å². The standard InChI is InChI=1S/C14H20N2O4S/c1-8(2)11(13(18)16(4)9(3)14(19)20)15-12(17)10-6-5-7-21-10/h5-9,11H,1-4H3,(H,15,17)(H,19,20). The molecule has 21 heavy (non-hydrogen) atoms. The average Bonchev–Trinajstić information content (AvgIpc) is 2.95. The molecule has 1 rings (SSSR count). The molecule has 0 saturated carbocycles. The van der Waals surface area contributed by atoms with Crippen LogP contribution in [0.2, 0.25) is 0 Å². The summed E-state index contributed by atoms with van der Waals surface area (Å²) in [5, 5.41) is 13.4. The van der Waals surface area contributed by atoms with Gasteiger partial charge in [-0.05, 0) is 24.3 Å². The molecular formula is C14H20N2O4S. The van der Waals surface area contributed by atoms with E-state index in [0.717, 1.165) is 4.90 Å². The lowest BCUT2D eigenvalue weighted by atomic mass is 10.0. The number of carboxylic acids is 1. The van der Waals surface area contributed by atoms with Crippen LogP contribution in [-0.2, 0) is 9.59 Å². The summed E-state index contributed by atoms with van der Waals surface area (Å²) in [6.07, 6.45) is 0. The van der Waals surface area contributed by atoms with Crippen LogP contribution in [0.15, 0.2) is 17.5 Å². The largest absolute Gasteiger partial charge is 0.480 e. The van der Waals surface area contributed by atoms with Gasteiger partial charge in [0, 0.05) is 7.05 Å². The molecular weight excluding hydrogens is 292 g/mol. The second kappa shape index (κ2) is 7.21. The molecule has 2 atom stereocenters. The number of rotatable bonds is 6. The predicted octanol–water partition coefficient (Wildman–Crippen LogP) is 1.43. The zero-order chi connectivity index (χ0) is 16.2. The first-order valence-electron chi connectivity index (χ1n) is 6.59. The maximum absolute atomic E-state index is 12.4. The van der Waals surface area contributed by atoms with Gasteiger partial charge in [0.1, 0.15) is 12.1 Å². The Kier molecular flexibility index (Phi) is 5.90. The van der Waals surface area contributed by atoms with Gasteiger partial charge in [-0.25, -0.2) is 4.79 Å². The van der Waals surface area contributed by atoms with E-state index in [9.17, 15) is 14.4 Å². The van der Waals surface area contributed by atoms with Crippen molar-refractivity contribution in [2.45, 2.75) is 32.9 Å². The van der Waals surface area contributed by atoms with Crippen molar-refractivity contribution in [1.29, 1.82) is 0 Å². The smallest absolute Gasteiger partial charge is 0.326 e. The molecule has 0 fully saturated rings. The first-order chi connectivity index (χ1) is 9.75. The van der Waals surface area contributed by atoms with Crippen molar-refractivity contribution in [2.75, 3.05) is 7.05 Å². The molecule has 0 aliphatic carbocycles. The van der Waals surface area contributed by atoms with E-state index in [2.05, 4.69) is 5.32 Å². The van der Waals surface area contributed by atoms with E-state index in [1.54, 1.807) is 31.4 Å². The molecule has 1 aromatic heterocycles. The zero-order valence-electron chi connectivity index (χ0n) is 12.5. The van der Waals surface area contributed by atoms with Crippen LogP contribution in [0.25, 0.3) is 0 Å². The second-order valence-corrected chi connectivity index (χ2v) is 6.08. The highest BCUT2D eigenvalue weighted by Gasteiger charge is 2.31. The molecule has 0 aliphatic rings. The van der Waals surface area contributed by atoms with Crippen molar-refractivity contribution < 1.29 is 19.5 Å². The Morgan fingerprint density at radius 1 is 1.29 bits per heavy atom. The quantitative estimate of drug-likeness (QED) is 0.832. The van der Waals surface area contributed by atoms with Crippen molar-refractivity contribution in [2.24, 2.45) is 5.92 Å². The van der Waals surface area contributed by atoms with Crippen LogP contribution in [0.4, 0.5) is 0 Å². The fraction of sp³-hybridized carbons (Fsp3) is 0.500. The lowest BCUT2D eigenvalue weighted by Crippen LogP contribution is -2.53. The highest BCUT2D eigenvalue weighted by molar-refractivity contribution is 7.12. The number of likely N-dealkylation sites (N-methyl/N-ethyl adjacent to an activating group) is 1. The number of thiophene rings is 1. The Bertz CT molecular complexity index is 513. The summed E-state index contributed by atoms with van der Waals surface area (Å²) in [4.78, 5) is 37.1. The van der Waals surface area contributed by atoms with E-state index in [1.165, 1.54) is 25.3 Å². The van der Waals surface area contributed by atoms with E-state index in [4.69, 9.17) is 5.11 Å². The predicted molar refractivity (Wildman–Crippen MR) is 80.3 cm³/mol. The highest BCUT2D eigenvalue weighted by atomic mass is 32.1. The van der Waals surface area contributed by atoms with E-state index < -0.39 is 24.0 Å².